The molecule has 0 unspecified atom stereocenters. The highest BCUT2D eigenvalue weighted by atomic mass is 16.1. The predicted octanol–water partition coefficient (Wildman–Crippen LogP) is 5.77. The monoisotopic (exact) mass is 262 g/mol. The smallest absolute Gasteiger partial charge is 0.132 e. The summed E-state index contributed by atoms with van der Waals surface area (Å²) in [5.41, 5.74) is 0. The van der Waals surface area contributed by atoms with E-state index in [-0.39, 0.29) is 0 Å². The molecule has 0 aliphatic carbocycles. The number of unbranched alkanes of at least 4 members (excludes halogenated alkanes) is 6. The van der Waals surface area contributed by atoms with Gasteiger partial charge in [0.15, 0.2) is 0 Å². The van der Waals surface area contributed by atoms with E-state index < -0.39 is 0 Å². The summed E-state index contributed by atoms with van der Waals surface area (Å²) in [6.07, 6.45) is 20.9. The van der Waals surface area contributed by atoms with Gasteiger partial charge in [-0.2, -0.15) is 0 Å². The lowest BCUT2D eigenvalue weighted by Crippen LogP contribution is -1.97. The number of hydrogen-bond acceptors (Lipinski definition) is 1. The molecule has 108 valence electrons. The standard InChI is InChI=1S/C18H30O/c1-3-5-7-8-9-10-11-12-13-15-17-18(19)16-14-6-4-2/h3,5,7-9H,1,4,6,10-17H2,2H3. The zero-order chi connectivity index (χ0) is 14.2. The van der Waals surface area contributed by atoms with Crippen molar-refractivity contribution in [2.75, 3.05) is 0 Å². The van der Waals surface area contributed by atoms with E-state index in [0.717, 1.165) is 32.1 Å². The van der Waals surface area contributed by atoms with Gasteiger partial charge in [0.25, 0.3) is 0 Å². The topological polar surface area (TPSA) is 17.1 Å². The van der Waals surface area contributed by atoms with Crippen LogP contribution < -0.4 is 0 Å². The molecular formula is C18H30O. The number of hydrogen-bond donors (Lipinski definition) is 0. The molecule has 0 fully saturated rings. The molecule has 19 heavy (non-hydrogen) atoms. The van der Waals surface area contributed by atoms with Crippen molar-refractivity contribution in [2.45, 2.75) is 71.1 Å². The van der Waals surface area contributed by atoms with Gasteiger partial charge in [0.05, 0.1) is 0 Å². The number of carbonyl (C=O) groups is 1. The third-order valence-corrected chi connectivity index (χ3v) is 3.13. The molecule has 0 aromatic heterocycles. The third-order valence-electron chi connectivity index (χ3n) is 3.13. The average Bonchev–Trinajstić information content (AvgIpc) is 2.41. The number of rotatable bonds is 13. The molecule has 0 aromatic rings. The van der Waals surface area contributed by atoms with E-state index in [2.05, 4.69) is 25.7 Å². The summed E-state index contributed by atoms with van der Waals surface area (Å²) in [7, 11) is 0. The first-order chi connectivity index (χ1) is 9.31. The minimum Gasteiger partial charge on any atom is -0.300 e. The van der Waals surface area contributed by atoms with Crippen molar-refractivity contribution in [3.8, 4) is 0 Å². The molecule has 1 nitrogen and oxygen atoms in total. The molecule has 0 rings (SSSR count). The molecule has 0 heterocycles. The molecule has 0 aromatic carbocycles. The first-order valence-electron chi connectivity index (χ1n) is 7.77. The van der Waals surface area contributed by atoms with E-state index in [1.54, 1.807) is 6.08 Å². The fourth-order valence-electron chi connectivity index (χ4n) is 1.95. The zero-order valence-electron chi connectivity index (χ0n) is 12.6. The normalized spacial score (nSPS) is 11.4. The largest absolute Gasteiger partial charge is 0.300 e. The van der Waals surface area contributed by atoms with E-state index in [4.69, 9.17) is 0 Å². The van der Waals surface area contributed by atoms with Crippen LogP contribution in [0.5, 0.6) is 0 Å². The van der Waals surface area contributed by atoms with E-state index in [9.17, 15) is 4.79 Å². The second-order valence-corrected chi connectivity index (χ2v) is 5.00. The van der Waals surface area contributed by atoms with Gasteiger partial charge >= 0.3 is 0 Å². The van der Waals surface area contributed by atoms with Crippen molar-refractivity contribution in [2.24, 2.45) is 0 Å². The molecule has 0 saturated carbocycles. The fraction of sp³-hybridized carbons (Fsp3) is 0.611. The molecule has 0 aliphatic rings. The number of carbonyl (C=O) groups excluding carboxylic acids is 1. The van der Waals surface area contributed by atoms with Gasteiger partial charge in [0.1, 0.15) is 5.78 Å². The Hall–Kier alpha value is -1.11. The first-order valence-corrected chi connectivity index (χ1v) is 7.77. The minimum absolute atomic E-state index is 0.461. The summed E-state index contributed by atoms with van der Waals surface area (Å²) in [6, 6.07) is 0. The van der Waals surface area contributed by atoms with Crippen LogP contribution in [0.25, 0.3) is 0 Å². The maximum Gasteiger partial charge on any atom is 0.132 e. The maximum atomic E-state index is 11.5. The minimum atomic E-state index is 0.461. The molecule has 0 aliphatic heterocycles. The summed E-state index contributed by atoms with van der Waals surface area (Å²) in [4.78, 5) is 11.5. The summed E-state index contributed by atoms with van der Waals surface area (Å²) in [5, 5.41) is 0. The van der Waals surface area contributed by atoms with E-state index in [0.29, 0.717) is 5.78 Å². The van der Waals surface area contributed by atoms with Gasteiger partial charge in [-0.25, -0.2) is 0 Å². The molecule has 1 heteroatoms. The van der Waals surface area contributed by atoms with E-state index in [1.165, 1.54) is 32.1 Å². The van der Waals surface area contributed by atoms with Crippen LogP contribution in [0.15, 0.2) is 37.0 Å². The van der Waals surface area contributed by atoms with Crippen molar-refractivity contribution in [3.63, 3.8) is 0 Å². The Kier molecular flexibility index (Phi) is 14.1. The SMILES string of the molecule is C=CC=CC=CCCCCCCC(=O)CCCCC. The molecular weight excluding hydrogens is 232 g/mol. The van der Waals surface area contributed by atoms with Gasteiger partial charge in [-0.05, 0) is 25.7 Å². The van der Waals surface area contributed by atoms with Gasteiger partial charge in [0.2, 0.25) is 0 Å². The van der Waals surface area contributed by atoms with Crippen molar-refractivity contribution >= 4 is 5.78 Å². The summed E-state index contributed by atoms with van der Waals surface area (Å²) in [5.74, 6) is 0.461. The lowest BCUT2D eigenvalue weighted by atomic mass is 10.0. The Morgan fingerprint density at radius 2 is 1.58 bits per heavy atom. The number of ketones is 1. The van der Waals surface area contributed by atoms with Crippen LogP contribution in [0.2, 0.25) is 0 Å². The lowest BCUT2D eigenvalue weighted by molar-refractivity contribution is -0.119. The fourth-order valence-corrected chi connectivity index (χ4v) is 1.95. The van der Waals surface area contributed by atoms with E-state index >= 15 is 0 Å². The van der Waals surface area contributed by atoms with Gasteiger partial charge in [-0.15, -0.1) is 0 Å². The van der Waals surface area contributed by atoms with Crippen molar-refractivity contribution in [1.82, 2.24) is 0 Å². The highest BCUT2D eigenvalue weighted by Crippen LogP contribution is 2.09. The van der Waals surface area contributed by atoms with Crippen LogP contribution in [0.1, 0.15) is 71.1 Å². The number of Topliss-reactive ketones (excluding diaryl/α,β-unsaturated/α-hetero) is 1. The first kappa shape index (κ1) is 17.9. The van der Waals surface area contributed by atoms with Crippen LogP contribution in [0.3, 0.4) is 0 Å². The molecule has 0 bridgehead atoms. The Labute approximate surface area is 119 Å². The summed E-state index contributed by atoms with van der Waals surface area (Å²) in [6.45, 7) is 5.79. The Bertz CT molecular complexity index is 273. The predicted molar refractivity (Wildman–Crippen MR) is 85.3 cm³/mol. The molecule has 0 N–H and O–H groups in total. The third kappa shape index (κ3) is 14.8. The maximum absolute atomic E-state index is 11.5. The molecule has 0 amide bonds. The highest BCUT2D eigenvalue weighted by molar-refractivity contribution is 5.78. The second kappa shape index (κ2) is 14.9. The molecule has 0 spiro atoms. The molecule has 0 saturated heterocycles. The van der Waals surface area contributed by atoms with Gasteiger partial charge < -0.3 is 0 Å². The summed E-state index contributed by atoms with van der Waals surface area (Å²) < 4.78 is 0. The summed E-state index contributed by atoms with van der Waals surface area (Å²) >= 11 is 0. The van der Waals surface area contributed by atoms with Crippen LogP contribution >= 0.6 is 0 Å². The Morgan fingerprint density at radius 1 is 0.895 bits per heavy atom. The average molecular weight is 262 g/mol. The van der Waals surface area contributed by atoms with Crippen LogP contribution in [0.4, 0.5) is 0 Å². The van der Waals surface area contributed by atoms with Gasteiger partial charge in [-0.3, -0.25) is 4.79 Å². The van der Waals surface area contributed by atoms with Crippen LogP contribution in [0, 0.1) is 0 Å². The van der Waals surface area contributed by atoms with Gasteiger partial charge in [0, 0.05) is 12.8 Å². The second-order valence-electron chi connectivity index (χ2n) is 5.00. The van der Waals surface area contributed by atoms with Crippen LogP contribution in [-0.2, 0) is 4.79 Å². The van der Waals surface area contributed by atoms with Crippen LogP contribution in [-0.4, -0.2) is 5.78 Å². The quantitative estimate of drug-likeness (QED) is 0.304. The van der Waals surface area contributed by atoms with Crippen molar-refractivity contribution < 1.29 is 4.79 Å². The molecule has 0 radical (unpaired) electrons. The lowest BCUT2D eigenvalue weighted by Gasteiger charge is -2.00. The Morgan fingerprint density at radius 3 is 2.26 bits per heavy atom. The highest BCUT2D eigenvalue weighted by Gasteiger charge is 2.00. The van der Waals surface area contributed by atoms with E-state index in [1.807, 2.05) is 12.2 Å². The van der Waals surface area contributed by atoms with Crippen molar-refractivity contribution in [3.05, 3.63) is 37.0 Å². The van der Waals surface area contributed by atoms with Crippen molar-refractivity contribution in [1.29, 1.82) is 0 Å². The Balaban J connectivity index is 3.26. The molecule has 0 atom stereocenters. The zero-order valence-corrected chi connectivity index (χ0v) is 12.6. The number of allylic oxidation sites excluding steroid dienone is 5. The van der Waals surface area contributed by atoms with Gasteiger partial charge in [-0.1, -0.05) is 69.6 Å².